The average Bonchev–Trinajstić information content (AvgIpc) is 3.55. The monoisotopic (exact) mass is 572 g/mol. The van der Waals surface area contributed by atoms with E-state index in [1.807, 2.05) is 72.8 Å². The van der Waals surface area contributed by atoms with Crippen LogP contribution >= 0.6 is 0 Å². The number of aromatic nitrogens is 1. The molecule has 0 aliphatic carbocycles. The first kappa shape index (κ1) is 27.8. The van der Waals surface area contributed by atoms with Crippen LogP contribution in [-0.2, 0) is 4.79 Å². The quantitative estimate of drug-likeness (QED) is 0.134. The van der Waals surface area contributed by atoms with Crippen LogP contribution in [0.15, 0.2) is 157 Å². The van der Waals surface area contributed by atoms with E-state index in [4.69, 9.17) is 6.57 Å². The number of anilines is 6. The smallest absolute Gasteiger partial charge is 0.333 e. The molecule has 6 rings (SSSR count). The molecule has 0 amide bonds. The van der Waals surface area contributed by atoms with Crippen LogP contribution in [0.2, 0.25) is 0 Å². The molecule has 0 aliphatic rings. The third-order valence-corrected chi connectivity index (χ3v) is 7.19. The maximum atomic E-state index is 11.2. The second kappa shape index (κ2) is 12.7. The van der Waals surface area contributed by atoms with E-state index in [1.165, 1.54) is 6.08 Å². The van der Waals surface area contributed by atoms with Gasteiger partial charge in [-0.25, -0.2) is 4.85 Å². The van der Waals surface area contributed by atoms with Gasteiger partial charge in [-0.1, -0.05) is 66.7 Å². The topological polar surface area (TPSA) is 63.9 Å². The minimum Gasteiger partial charge on any atom is -0.486 e. The number of hydrogen-bond acceptors (Lipinski definition) is 3. The summed E-state index contributed by atoms with van der Waals surface area (Å²) in [6, 6.07) is 51.3. The number of H-pyrrole nitrogens is 1. The van der Waals surface area contributed by atoms with Gasteiger partial charge in [-0.15, -0.1) is 0 Å². The summed E-state index contributed by atoms with van der Waals surface area (Å²) < 4.78 is 0. The molecule has 5 aromatic carbocycles. The van der Waals surface area contributed by atoms with Crippen LogP contribution in [0.25, 0.3) is 22.2 Å². The van der Waals surface area contributed by atoms with Gasteiger partial charge >= 0.3 is 5.97 Å². The van der Waals surface area contributed by atoms with Crippen molar-refractivity contribution in [1.29, 1.82) is 0 Å². The predicted molar refractivity (Wildman–Crippen MR) is 178 cm³/mol. The zero-order valence-electron chi connectivity index (χ0n) is 23.7. The molecule has 0 saturated carbocycles. The van der Waals surface area contributed by atoms with E-state index in [1.54, 1.807) is 6.07 Å². The molecule has 0 unspecified atom stereocenters. The molecule has 6 aromatic rings. The van der Waals surface area contributed by atoms with Crippen molar-refractivity contribution in [3.05, 3.63) is 174 Å². The van der Waals surface area contributed by atoms with Gasteiger partial charge in [0, 0.05) is 45.5 Å². The minimum absolute atomic E-state index is 0.339. The van der Waals surface area contributed by atoms with Crippen molar-refractivity contribution in [2.75, 3.05) is 9.80 Å². The lowest BCUT2D eigenvalue weighted by Gasteiger charge is -2.28. The van der Waals surface area contributed by atoms with Gasteiger partial charge < -0.3 is 19.9 Å². The molecule has 0 fully saturated rings. The normalized spacial score (nSPS) is 11.0. The van der Waals surface area contributed by atoms with E-state index < -0.39 is 5.97 Å². The Bertz CT molecular complexity index is 1890. The summed E-state index contributed by atoms with van der Waals surface area (Å²) in [5, 5.41) is 9.17. The van der Waals surface area contributed by atoms with Crippen LogP contribution in [0.3, 0.4) is 0 Å². The van der Waals surface area contributed by atoms with Gasteiger partial charge in [0.1, 0.15) is 0 Å². The van der Waals surface area contributed by atoms with Crippen molar-refractivity contribution in [3.63, 3.8) is 0 Å². The Morgan fingerprint density at radius 3 is 1.34 bits per heavy atom. The maximum absolute atomic E-state index is 11.2. The second-order valence-electron chi connectivity index (χ2n) is 10.0. The van der Waals surface area contributed by atoms with Gasteiger partial charge in [-0.2, -0.15) is 0 Å². The fourth-order valence-electron chi connectivity index (χ4n) is 5.12. The minimum atomic E-state index is -1.25. The Morgan fingerprint density at radius 2 is 0.955 bits per heavy atom. The summed E-state index contributed by atoms with van der Waals surface area (Å²) in [5.74, 6) is -1.25. The van der Waals surface area contributed by atoms with Crippen LogP contribution in [-0.4, -0.2) is 16.1 Å². The molecule has 0 aliphatic heterocycles. The van der Waals surface area contributed by atoms with E-state index in [-0.39, 0.29) is 5.70 Å². The van der Waals surface area contributed by atoms with Gasteiger partial charge in [0.15, 0.2) is 0 Å². The first-order valence-electron chi connectivity index (χ1n) is 14.1. The first-order valence-corrected chi connectivity index (χ1v) is 14.1. The van der Waals surface area contributed by atoms with Crippen LogP contribution in [0.5, 0.6) is 0 Å². The molecule has 6 heteroatoms. The van der Waals surface area contributed by atoms with Crippen LogP contribution in [0.4, 0.5) is 34.1 Å². The Kier molecular flexibility index (Phi) is 8.02. The first-order chi connectivity index (χ1) is 21.6. The van der Waals surface area contributed by atoms with Gasteiger partial charge in [-0.05, 0) is 96.6 Å². The molecule has 1 aromatic heterocycles. The average molecular weight is 573 g/mol. The standard InChI is InChI=1S/C38H28N4O2/c1-39-37(38(43)44)27-29-19-26-36(40-29)28-17-20-33(21-18-28)42(32-15-9-4-10-16-32)35-24-22-34(23-25-35)41(30-11-5-2-6-12-30)31-13-7-3-8-14-31/h2-27,40H,(H,43,44). The summed E-state index contributed by atoms with van der Waals surface area (Å²) in [4.78, 5) is 22.0. The highest BCUT2D eigenvalue weighted by Gasteiger charge is 2.16. The number of para-hydroxylation sites is 3. The molecule has 0 bridgehead atoms. The molecule has 0 saturated heterocycles. The van der Waals surface area contributed by atoms with Crippen LogP contribution in [0.1, 0.15) is 5.69 Å². The fourth-order valence-corrected chi connectivity index (χ4v) is 5.12. The van der Waals surface area contributed by atoms with Crippen LogP contribution < -0.4 is 9.80 Å². The van der Waals surface area contributed by atoms with Gasteiger partial charge in [-0.3, -0.25) is 4.79 Å². The highest BCUT2D eigenvalue weighted by atomic mass is 16.4. The number of carboxylic acids is 1. The lowest BCUT2D eigenvalue weighted by molar-refractivity contribution is -0.132. The van der Waals surface area contributed by atoms with E-state index in [0.717, 1.165) is 45.4 Å². The van der Waals surface area contributed by atoms with Gasteiger partial charge in [0.25, 0.3) is 5.70 Å². The Hall–Kier alpha value is -6.32. The second-order valence-corrected chi connectivity index (χ2v) is 10.0. The molecule has 1 heterocycles. The SMILES string of the molecule is [C-]#[N+]C(=Cc1ccc(-c2ccc(N(c3ccccc3)c3ccc(N(c4ccccc4)c4ccccc4)cc3)cc2)[nH]1)C(=O)O. The van der Waals surface area contributed by atoms with E-state index in [0.29, 0.717) is 5.69 Å². The van der Waals surface area contributed by atoms with E-state index in [2.05, 4.69) is 92.4 Å². The van der Waals surface area contributed by atoms with Crippen molar-refractivity contribution in [3.8, 4) is 11.3 Å². The highest BCUT2D eigenvalue weighted by molar-refractivity contribution is 5.94. The lowest BCUT2D eigenvalue weighted by Crippen LogP contribution is -2.12. The summed E-state index contributed by atoms with van der Waals surface area (Å²) in [6.07, 6.45) is 1.34. The van der Waals surface area contributed by atoms with Gasteiger partial charge in [0.2, 0.25) is 0 Å². The fraction of sp³-hybridized carbons (Fsp3) is 0. The molecule has 0 atom stereocenters. The Morgan fingerprint density at radius 1 is 0.568 bits per heavy atom. The molecular formula is C38H28N4O2. The zero-order chi connectivity index (χ0) is 30.3. The largest absolute Gasteiger partial charge is 0.486 e. The molecule has 44 heavy (non-hydrogen) atoms. The molecule has 212 valence electrons. The lowest BCUT2D eigenvalue weighted by atomic mass is 10.1. The third-order valence-electron chi connectivity index (χ3n) is 7.19. The molecule has 0 spiro atoms. The van der Waals surface area contributed by atoms with Crippen molar-refractivity contribution in [1.82, 2.24) is 4.98 Å². The molecule has 2 N–H and O–H groups in total. The Balaban J connectivity index is 1.33. The number of carbonyl (C=O) groups is 1. The molecule has 6 nitrogen and oxygen atoms in total. The maximum Gasteiger partial charge on any atom is 0.333 e. The number of benzene rings is 5. The van der Waals surface area contributed by atoms with Crippen molar-refractivity contribution < 1.29 is 9.90 Å². The number of nitrogens with one attached hydrogen (secondary N) is 1. The summed E-state index contributed by atoms with van der Waals surface area (Å²) in [7, 11) is 0. The summed E-state index contributed by atoms with van der Waals surface area (Å²) in [6.45, 7) is 7.08. The van der Waals surface area contributed by atoms with Crippen molar-refractivity contribution in [2.24, 2.45) is 0 Å². The van der Waals surface area contributed by atoms with Crippen molar-refractivity contribution >= 4 is 46.2 Å². The zero-order valence-corrected chi connectivity index (χ0v) is 23.7. The van der Waals surface area contributed by atoms with Gasteiger partial charge in [0.05, 0.1) is 6.57 Å². The molecular weight excluding hydrogens is 544 g/mol. The number of hydrogen-bond donors (Lipinski definition) is 2. The Labute approximate surface area is 256 Å². The molecule has 0 radical (unpaired) electrons. The van der Waals surface area contributed by atoms with Crippen molar-refractivity contribution in [2.45, 2.75) is 0 Å². The summed E-state index contributed by atoms with van der Waals surface area (Å²) in [5.41, 5.74) is 8.24. The van der Waals surface area contributed by atoms with E-state index >= 15 is 0 Å². The number of rotatable bonds is 9. The number of aliphatic carboxylic acids is 1. The number of carboxylic acid groups (broad SMARTS) is 1. The number of aromatic amines is 1. The highest BCUT2D eigenvalue weighted by Crippen LogP contribution is 2.39. The predicted octanol–water partition coefficient (Wildman–Crippen LogP) is 9.97. The van der Waals surface area contributed by atoms with E-state index in [9.17, 15) is 9.90 Å². The van der Waals surface area contributed by atoms with Crippen LogP contribution in [0, 0.1) is 6.57 Å². The summed E-state index contributed by atoms with van der Waals surface area (Å²) >= 11 is 0. The number of nitrogens with zero attached hydrogens (tertiary/aromatic N) is 3. The third kappa shape index (κ3) is 5.98.